The van der Waals surface area contributed by atoms with Crippen LogP contribution in [0.15, 0.2) is 24.4 Å². The Bertz CT molecular complexity index is 480. The summed E-state index contributed by atoms with van der Waals surface area (Å²) in [6.45, 7) is 6.79. The van der Waals surface area contributed by atoms with Gasteiger partial charge in [-0.05, 0) is 18.6 Å². The average Bonchev–Trinajstić information content (AvgIpc) is 2.62. The molecule has 0 radical (unpaired) electrons. The van der Waals surface area contributed by atoms with E-state index in [0.29, 0.717) is 18.1 Å². The van der Waals surface area contributed by atoms with E-state index in [2.05, 4.69) is 22.1 Å². The van der Waals surface area contributed by atoms with Crippen molar-refractivity contribution in [2.75, 3.05) is 46.5 Å². The van der Waals surface area contributed by atoms with Gasteiger partial charge in [-0.2, -0.15) is 0 Å². The summed E-state index contributed by atoms with van der Waals surface area (Å²) < 4.78 is 11.8. The summed E-state index contributed by atoms with van der Waals surface area (Å²) in [6, 6.07) is 5.89. The number of nitrogens with one attached hydrogen (secondary N) is 1. The molecule has 1 fully saturated rings. The molecule has 1 unspecified atom stereocenters. The number of hydrogen-bond acceptors (Lipinski definition) is 5. The summed E-state index contributed by atoms with van der Waals surface area (Å²) in [5.74, 6) is 0. The van der Waals surface area contributed by atoms with Gasteiger partial charge in [0.15, 0.2) is 5.60 Å². The summed E-state index contributed by atoms with van der Waals surface area (Å²) >= 11 is 5.65. The number of nitrogens with zero attached hydrogens (tertiary/aromatic N) is 2. The van der Waals surface area contributed by atoms with Crippen LogP contribution in [0.4, 0.5) is 0 Å². The molecule has 0 spiro atoms. The maximum Gasteiger partial charge on any atom is 0.172 e. The minimum atomic E-state index is -0.710. The molecule has 1 aliphatic rings. The van der Waals surface area contributed by atoms with E-state index in [1.165, 1.54) is 0 Å². The third kappa shape index (κ3) is 4.70. The first-order chi connectivity index (χ1) is 11.2. The molecule has 2 rings (SSSR count). The number of morpholine rings is 1. The van der Waals surface area contributed by atoms with E-state index in [-0.39, 0.29) is 0 Å². The van der Waals surface area contributed by atoms with E-state index in [0.717, 1.165) is 44.8 Å². The van der Waals surface area contributed by atoms with E-state index in [1.54, 1.807) is 6.20 Å². The summed E-state index contributed by atoms with van der Waals surface area (Å²) in [4.78, 5) is 7.57. The Morgan fingerprint density at radius 2 is 2.22 bits per heavy atom. The van der Waals surface area contributed by atoms with Gasteiger partial charge < -0.3 is 14.8 Å². The van der Waals surface area contributed by atoms with Crippen LogP contribution in [-0.4, -0.2) is 61.4 Å². The number of unbranched alkanes of at least 4 members (excludes halogenated alkanes) is 1. The predicted molar refractivity (Wildman–Crippen MR) is 95.7 cm³/mol. The van der Waals surface area contributed by atoms with Gasteiger partial charge in [0, 0.05) is 39.5 Å². The van der Waals surface area contributed by atoms with Gasteiger partial charge >= 0.3 is 0 Å². The molecule has 128 valence electrons. The molecule has 0 saturated carbocycles. The fraction of sp³-hybridized carbons (Fsp3) is 0.647. The summed E-state index contributed by atoms with van der Waals surface area (Å²) in [5.41, 5.74) is 0.152. The number of hydrogen-bond donors (Lipinski definition) is 1. The predicted octanol–water partition coefficient (Wildman–Crippen LogP) is 1.97. The Morgan fingerprint density at radius 1 is 1.43 bits per heavy atom. The highest BCUT2D eigenvalue weighted by Gasteiger charge is 2.41. The Labute approximate surface area is 144 Å². The second kappa shape index (κ2) is 9.27. The zero-order valence-corrected chi connectivity index (χ0v) is 14.9. The second-order valence-electron chi connectivity index (χ2n) is 5.71. The number of likely N-dealkylation sites (N-methyl/N-ethyl adjacent to an activating group) is 1. The Hall–Kier alpha value is -1.08. The maximum atomic E-state index is 6.36. The first-order valence-corrected chi connectivity index (χ1v) is 8.71. The van der Waals surface area contributed by atoms with Crippen LogP contribution in [0.1, 0.15) is 25.5 Å². The smallest absolute Gasteiger partial charge is 0.172 e. The van der Waals surface area contributed by atoms with E-state index < -0.39 is 5.60 Å². The normalized spacial score (nSPS) is 18.3. The van der Waals surface area contributed by atoms with Crippen LogP contribution in [0.3, 0.4) is 0 Å². The highest BCUT2D eigenvalue weighted by Crippen LogP contribution is 2.28. The molecule has 1 aromatic heterocycles. The third-order valence-corrected chi connectivity index (χ3v) is 4.60. The first-order valence-electron chi connectivity index (χ1n) is 8.30. The highest BCUT2D eigenvalue weighted by atomic mass is 32.1. The molecule has 2 heterocycles. The molecule has 5 nitrogen and oxygen atoms in total. The molecular weight excluding hydrogens is 310 g/mol. The van der Waals surface area contributed by atoms with Crippen LogP contribution in [0.2, 0.25) is 0 Å². The maximum absolute atomic E-state index is 6.36. The molecule has 0 aliphatic carbocycles. The van der Waals surface area contributed by atoms with Gasteiger partial charge in [0.25, 0.3) is 0 Å². The lowest BCUT2D eigenvalue weighted by atomic mass is 9.96. The van der Waals surface area contributed by atoms with E-state index >= 15 is 0 Å². The van der Waals surface area contributed by atoms with E-state index in [9.17, 15) is 0 Å². The van der Waals surface area contributed by atoms with Gasteiger partial charge in [-0.15, -0.1) is 0 Å². The van der Waals surface area contributed by atoms with Crippen molar-refractivity contribution in [3.8, 4) is 0 Å². The van der Waals surface area contributed by atoms with Crippen molar-refractivity contribution in [2.24, 2.45) is 0 Å². The van der Waals surface area contributed by atoms with Crippen molar-refractivity contribution in [3.05, 3.63) is 30.1 Å². The minimum Gasteiger partial charge on any atom is -0.380 e. The lowest BCUT2D eigenvalue weighted by molar-refractivity contribution is -0.0472. The zero-order chi connectivity index (χ0) is 16.5. The third-order valence-electron chi connectivity index (χ3n) is 4.07. The average molecular weight is 337 g/mol. The van der Waals surface area contributed by atoms with Crippen molar-refractivity contribution in [1.29, 1.82) is 0 Å². The lowest BCUT2D eigenvalue weighted by Gasteiger charge is -2.39. The van der Waals surface area contributed by atoms with Crippen molar-refractivity contribution in [1.82, 2.24) is 15.2 Å². The number of ether oxygens (including phenoxy) is 2. The largest absolute Gasteiger partial charge is 0.380 e. The lowest BCUT2D eigenvalue weighted by Crippen LogP contribution is -2.54. The number of rotatable bonds is 8. The van der Waals surface area contributed by atoms with Crippen molar-refractivity contribution in [2.45, 2.75) is 25.4 Å². The van der Waals surface area contributed by atoms with Gasteiger partial charge in [0.1, 0.15) is 4.99 Å². The fourth-order valence-electron chi connectivity index (χ4n) is 2.72. The molecule has 1 aliphatic heterocycles. The minimum absolute atomic E-state index is 0.666. The van der Waals surface area contributed by atoms with Crippen LogP contribution < -0.4 is 5.32 Å². The quantitative estimate of drug-likeness (QED) is 0.578. The summed E-state index contributed by atoms with van der Waals surface area (Å²) in [5, 5.41) is 3.13. The number of pyridine rings is 1. The molecule has 1 aromatic rings. The Balaban J connectivity index is 2.29. The van der Waals surface area contributed by atoms with Crippen LogP contribution in [0.5, 0.6) is 0 Å². The molecule has 0 bridgehead atoms. The molecule has 6 heteroatoms. The van der Waals surface area contributed by atoms with E-state index in [4.69, 9.17) is 21.7 Å². The monoisotopic (exact) mass is 337 g/mol. The van der Waals surface area contributed by atoms with Gasteiger partial charge in [0.2, 0.25) is 0 Å². The molecule has 1 saturated heterocycles. The van der Waals surface area contributed by atoms with E-state index in [1.807, 2.05) is 25.2 Å². The van der Waals surface area contributed by atoms with Crippen molar-refractivity contribution >= 4 is 17.2 Å². The zero-order valence-electron chi connectivity index (χ0n) is 14.1. The fourth-order valence-corrected chi connectivity index (χ4v) is 2.95. The standard InChI is InChI=1S/C17H27N3O2S/c1-3-4-11-22-17(16(23)18-2,15-7-5-6-8-19-15)14-20-9-12-21-13-10-20/h5-8H,3-4,9-14H2,1-2H3,(H,18,23). The molecular formula is C17H27N3O2S. The van der Waals surface area contributed by atoms with Gasteiger partial charge in [0.05, 0.1) is 18.9 Å². The van der Waals surface area contributed by atoms with Crippen LogP contribution in [0, 0.1) is 0 Å². The van der Waals surface area contributed by atoms with Gasteiger partial charge in [-0.1, -0.05) is 31.6 Å². The molecule has 23 heavy (non-hydrogen) atoms. The molecule has 0 amide bonds. The summed E-state index contributed by atoms with van der Waals surface area (Å²) in [6.07, 6.45) is 3.89. The second-order valence-corrected chi connectivity index (χ2v) is 6.12. The van der Waals surface area contributed by atoms with Crippen LogP contribution in [-0.2, 0) is 15.1 Å². The number of aromatic nitrogens is 1. The van der Waals surface area contributed by atoms with Crippen molar-refractivity contribution < 1.29 is 9.47 Å². The molecule has 1 N–H and O–H groups in total. The Morgan fingerprint density at radius 3 is 2.83 bits per heavy atom. The number of thiocarbonyl (C=S) groups is 1. The molecule has 0 aromatic carbocycles. The molecule has 1 atom stereocenters. The topological polar surface area (TPSA) is 46.6 Å². The Kier molecular flexibility index (Phi) is 7.36. The van der Waals surface area contributed by atoms with Gasteiger partial charge in [-0.3, -0.25) is 9.88 Å². The first kappa shape index (κ1) is 18.3. The highest BCUT2D eigenvalue weighted by molar-refractivity contribution is 7.80. The van der Waals surface area contributed by atoms with Gasteiger partial charge in [-0.25, -0.2) is 0 Å². The van der Waals surface area contributed by atoms with Crippen LogP contribution in [0.25, 0.3) is 0 Å². The van der Waals surface area contributed by atoms with Crippen LogP contribution >= 0.6 is 12.2 Å². The van der Waals surface area contributed by atoms with Crippen molar-refractivity contribution in [3.63, 3.8) is 0 Å². The summed E-state index contributed by atoms with van der Waals surface area (Å²) in [7, 11) is 1.85. The SMILES string of the molecule is CCCCOC(CN1CCOCC1)(C(=S)NC)c1ccccn1.